The standard InChI is InChI=1S/C23H12Cl2N4O5/c24-21-27-22(25)29-23(28-21)26-10-1-4-13(16(7-10)20(32)33)19-14-5-2-11(30)8-17(14)34-18-9-12(31)3-6-15(18)19/h1-9,30H,(H,32,33)(H,26,27,28,29). The second-order valence-electron chi connectivity index (χ2n) is 7.20. The topological polar surface area (TPSA) is 138 Å². The van der Waals surface area contributed by atoms with Crippen LogP contribution < -0.4 is 10.7 Å². The van der Waals surface area contributed by atoms with Gasteiger partial charge in [-0.2, -0.15) is 15.0 Å². The summed E-state index contributed by atoms with van der Waals surface area (Å²) in [6.07, 6.45) is 0. The van der Waals surface area contributed by atoms with Gasteiger partial charge in [0.2, 0.25) is 16.5 Å². The van der Waals surface area contributed by atoms with E-state index in [0.29, 0.717) is 33.3 Å². The number of phenolic OH excluding ortho intramolecular Hbond substituents is 1. The Bertz CT molecular complexity index is 1620. The average molecular weight is 495 g/mol. The van der Waals surface area contributed by atoms with Gasteiger partial charge in [0, 0.05) is 34.3 Å². The summed E-state index contributed by atoms with van der Waals surface area (Å²) < 4.78 is 5.83. The number of benzene rings is 3. The van der Waals surface area contributed by atoms with Crippen molar-refractivity contribution in [2.24, 2.45) is 0 Å². The zero-order chi connectivity index (χ0) is 24.0. The van der Waals surface area contributed by atoms with E-state index in [9.17, 15) is 19.8 Å². The van der Waals surface area contributed by atoms with Gasteiger partial charge in [-0.3, -0.25) is 4.79 Å². The Kier molecular flexibility index (Phi) is 5.27. The van der Waals surface area contributed by atoms with Crippen LogP contribution in [0.4, 0.5) is 11.6 Å². The first-order valence-corrected chi connectivity index (χ1v) is 10.5. The van der Waals surface area contributed by atoms with Crippen LogP contribution in [0.3, 0.4) is 0 Å². The second-order valence-corrected chi connectivity index (χ2v) is 7.88. The third-order valence-corrected chi connectivity index (χ3v) is 5.37. The van der Waals surface area contributed by atoms with Gasteiger partial charge in [-0.25, -0.2) is 4.79 Å². The summed E-state index contributed by atoms with van der Waals surface area (Å²) in [4.78, 5) is 35.7. The summed E-state index contributed by atoms with van der Waals surface area (Å²) in [5.74, 6) is -0.922. The summed E-state index contributed by atoms with van der Waals surface area (Å²) >= 11 is 11.6. The van der Waals surface area contributed by atoms with Gasteiger partial charge in [0.05, 0.1) is 5.56 Å². The first-order chi connectivity index (χ1) is 16.3. The number of carboxylic acid groups (broad SMARTS) is 1. The van der Waals surface area contributed by atoms with E-state index in [-0.39, 0.29) is 39.0 Å². The number of nitrogens with one attached hydrogen (secondary N) is 1. The maximum absolute atomic E-state index is 12.3. The summed E-state index contributed by atoms with van der Waals surface area (Å²) in [6, 6.07) is 13.4. The molecule has 9 nitrogen and oxygen atoms in total. The lowest BCUT2D eigenvalue weighted by Crippen LogP contribution is -2.05. The average Bonchev–Trinajstić information content (AvgIpc) is 2.76. The highest BCUT2D eigenvalue weighted by atomic mass is 35.5. The Morgan fingerprint density at radius 2 is 1.65 bits per heavy atom. The monoisotopic (exact) mass is 494 g/mol. The molecule has 0 fully saturated rings. The molecule has 0 atom stereocenters. The number of halogens is 2. The molecule has 0 bridgehead atoms. The van der Waals surface area contributed by atoms with Crippen LogP contribution in [0.2, 0.25) is 10.6 Å². The molecule has 0 spiro atoms. The predicted octanol–water partition coefficient (Wildman–Crippen LogP) is 5.20. The quantitative estimate of drug-likeness (QED) is 0.287. The molecule has 2 aromatic carbocycles. The molecule has 3 N–H and O–H groups in total. The Morgan fingerprint density at radius 3 is 2.38 bits per heavy atom. The number of nitrogens with zero attached hydrogens (tertiary/aromatic N) is 3. The third-order valence-electron chi connectivity index (χ3n) is 5.03. The highest BCUT2D eigenvalue weighted by Crippen LogP contribution is 2.42. The molecule has 11 heteroatoms. The van der Waals surface area contributed by atoms with Crippen LogP contribution in [0.5, 0.6) is 5.75 Å². The molecular weight excluding hydrogens is 483 g/mol. The van der Waals surface area contributed by atoms with Crippen molar-refractivity contribution >= 4 is 51.8 Å². The summed E-state index contributed by atoms with van der Waals surface area (Å²) in [5, 5.41) is 23.1. The highest BCUT2D eigenvalue weighted by Gasteiger charge is 2.22. The van der Waals surface area contributed by atoms with Crippen molar-refractivity contribution in [3.63, 3.8) is 0 Å². The van der Waals surface area contributed by atoms with Crippen molar-refractivity contribution in [3.8, 4) is 28.2 Å². The molecule has 2 heterocycles. The lowest BCUT2D eigenvalue weighted by atomic mass is 9.90. The van der Waals surface area contributed by atoms with Crippen LogP contribution in [0.15, 0.2) is 63.8 Å². The number of carbonyl (C=O) groups is 1. The lowest BCUT2D eigenvalue weighted by molar-refractivity contribution is 0.0697. The number of aromatic carboxylic acids is 1. The number of aromatic hydroxyl groups is 1. The Balaban J connectivity index is 1.74. The van der Waals surface area contributed by atoms with Gasteiger partial charge < -0.3 is 19.9 Å². The highest BCUT2D eigenvalue weighted by molar-refractivity contribution is 6.31. The summed E-state index contributed by atoms with van der Waals surface area (Å²) in [7, 11) is 0. The van der Waals surface area contributed by atoms with Crippen LogP contribution in [-0.4, -0.2) is 31.1 Å². The minimum Gasteiger partial charge on any atom is -0.508 e. The molecule has 5 rings (SSSR count). The smallest absolute Gasteiger partial charge is 0.336 e. The Morgan fingerprint density at radius 1 is 0.912 bits per heavy atom. The molecule has 0 radical (unpaired) electrons. The first kappa shape index (κ1) is 21.6. The SMILES string of the molecule is O=C(O)c1cc(Nc2nc(Cl)nc(Cl)n2)ccc1-c1c2ccc(=O)cc-2oc2cc(O)ccc12. The molecule has 34 heavy (non-hydrogen) atoms. The number of carboxylic acids is 1. The van der Waals surface area contributed by atoms with E-state index in [1.807, 2.05) is 0 Å². The van der Waals surface area contributed by atoms with Gasteiger partial charge in [0.25, 0.3) is 0 Å². The van der Waals surface area contributed by atoms with Crippen molar-refractivity contribution in [2.75, 3.05) is 5.32 Å². The fourth-order valence-electron chi connectivity index (χ4n) is 3.68. The fraction of sp³-hybridized carbons (Fsp3) is 0. The number of anilines is 2. The molecule has 1 aromatic heterocycles. The maximum atomic E-state index is 12.3. The van der Waals surface area contributed by atoms with Crippen LogP contribution in [-0.2, 0) is 0 Å². The summed E-state index contributed by atoms with van der Waals surface area (Å²) in [6.45, 7) is 0. The van der Waals surface area contributed by atoms with E-state index in [4.69, 9.17) is 27.6 Å². The minimum atomic E-state index is -1.19. The molecule has 2 aliphatic rings. The van der Waals surface area contributed by atoms with E-state index in [0.717, 1.165) is 0 Å². The van der Waals surface area contributed by atoms with Crippen LogP contribution >= 0.6 is 23.2 Å². The predicted molar refractivity (Wildman–Crippen MR) is 126 cm³/mol. The lowest BCUT2D eigenvalue weighted by Gasteiger charge is -2.17. The second kappa shape index (κ2) is 8.29. The fourth-order valence-corrected chi connectivity index (χ4v) is 4.04. The van der Waals surface area contributed by atoms with Crippen molar-refractivity contribution in [2.45, 2.75) is 0 Å². The van der Waals surface area contributed by atoms with E-state index in [2.05, 4.69) is 20.3 Å². The molecule has 0 unspecified atom stereocenters. The van der Waals surface area contributed by atoms with E-state index < -0.39 is 5.97 Å². The van der Waals surface area contributed by atoms with Crippen molar-refractivity contribution in [3.05, 3.63) is 81.0 Å². The maximum Gasteiger partial charge on any atom is 0.336 e. The minimum absolute atomic E-state index is 0.0347. The largest absolute Gasteiger partial charge is 0.508 e. The van der Waals surface area contributed by atoms with Gasteiger partial charge in [-0.15, -0.1) is 0 Å². The molecule has 0 amide bonds. The van der Waals surface area contributed by atoms with Crippen LogP contribution in [0.25, 0.3) is 33.4 Å². The number of rotatable bonds is 4. The number of aromatic nitrogens is 3. The van der Waals surface area contributed by atoms with Gasteiger partial charge in [-0.05, 0) is 65.2 Å². The van der Waals surface area contributed by atoms with E-state index >= 15 is 0 Å². The Labute approximate surface area is 200 Å². The van der Waals surface area contributed by atoms with Crippen molar-refractivity contribution < 1.29 is 19.4 Å². The zero-order valence-electron chi connectivity index (χ0n) is 16.9. The van der Waals surface area contributed by atoms with Crippen molar-refractivity contribution in [1.29, 1.82) is 0 Å². The molecule has 3 aromatic rings. The zero-order valence-corrected chi connectivity index (χ0v) is 18.4. The van der Waals surface area contributed by atoms with Crippen LogP contribution in [0.1, 0.15) is 10.4 Å². The number of hydrogen-bond donors (Lipinski definition) is 3. The number of phenols is 1. The molecule has 0 saturated heterocycles. The number of hydrogen-bond acceptors (Lipinski definition) is 8. The van der Waals surface area contributed by atoms with Gasteiger partial charge in [0.15, 0.2) is 5.43 Å². The third kappa shape index (κ3) is 3.98. The first-order valence-electron chi connectivity index (χ1n) is 9.70. The molecular formula is C23H12Cl2N4O5. The van der Waals surface area contributed by atoms with Crippen molar-refractivity contribution in [1.82, 2.24) is 15.0 Å². The van der Waals surface area contributed by atoms with Gasteiger partial charge >= 0.3 is 5.97 Å². The molecule has 1 aliphatic heterocycles. The van der Waals surface area contributed by atoms with E-state index in [1.54, 1.807) is 24.3 Å². The van der Waals surface area contributed by atoms with E-state index in [1.165, 1.54) is 30.3 Å². The van der Waals surface area contributed by atoms with Gasteiger partial charge in [0.1, 0.15) is 17.1 Å². The van der Waals surface area contributed by atoms with Crippen LogP contribution in [0, 0.1) is 0 Å². The molecule has 168 valence electrons. The molecule has 0 saturated carbocycles. The molecule has 1 aliphatic carbocycles. The Hall–Kier alpha value is -4.21. The normalized spacial score (nSPS) is 11.1. The summed E-state index contributed by atoms with van der Waals surface area (Å²) in [5.41, 5.74) is 1.80. The number of fused-ring (bicyclic) bond motifs is 2. The van der Waals surface area contributed by atoms with Gasteiger partial charge in [-0.1, -0.05) is 6.07 Å².